The molecule has 0 spiro atoms. The van der Waals surface area contributed by atoms with Gasteiger partial charge in [0.1, 0.15) is 11.6 Å². The first-order valence-corrected chi connectivity index (χ1v) is 8.12. The summed E-state index contributed by atoms with van der Waals surface area (Å²) in [5, 5.41) is 8.75. The third-order valence-corrected chi connectivity index (χ3v) is 3.84. The van der Waals surface area contributed by atoms with Gasteiger partial charge in [0.25, 0.3) is 0 Å². The van der Waals surface area contributed by atoms with Gasteiger partial charge in [0.15, 0.2) is 5.82 Å². The Hall–Kier alpha value is -2.61. The molecular formula is C17H21FN4O3. The summed E-state index contributed by atoms with van der Waals surface area (Å²) in [6, 6.07) is 5.69. The lowest BCUT2D eigenvalue weighted by molar-refractivity contribution is -0.00539. The number of aryl methyl sites for hydroxylation is 1. The number of amides is 2. The molecule has 8 heteroatoms. The highest BCUT2D eigenvalue weighted by Gasteiger charge is 2.24. The van der Waals surface area contributed by atoms with E-state index in [-0.39, 0.29) is 12.2 Å². The molecule has 1 aromatic carbocycles. The van der Waals surface area contributed by atoms with Crippen LogP contribution in [0.4, 0.5) is 26.4 Å². The molecule has 0 radical (unpaired) electrons. The summed E-state index contributed by atoms with van der Waals surface area (Å²) in [7, 11) is 0. The molecular weight excluding hydrogens is 327 g/mol. The van der Waals surface area contributed by atoms with Crippen LogP contribution in [0, 0.1) is 12.7 Å². The van der Waals surface area contributed by atoms with Crippen molar-refractivity contribution in [3.05, 3.63) is 35.8 Å². The fraction of sp³-hybridized carbons (Fsp3) is 0.412. The molecule has 0 bridgehead atoms. The molecule has 1 aliphatic heterocycles. The van der Waals surface area contributed by atoms with Crippen LogP contribution in [-0.2, 0) is 4.74 Å². The smallest absolute Gasteiger partial charge is 0.324 e. The van der Waals surface area contributed by atoms with Gasteiger partial charge < -0.3 is 19.5 Å². The quantitative estimate of drug-likeness (QED) is 0.889. The Bertz CT molecular complexity index is 754. The Labute approximate surface area is 145 Å². The predicted octanol–water partition coefficient (Wildman–Crippen LogP) is 3.38. The SMILES string of the molecule is Cc1cc(NC(=O)Nc2ccc(N3CC(C)OC(C)C3)c(F)c2)no1. The lowest BCUT2D eigenvalue weighted by Crippen LogP contribution is -2.45. The molecule has 1 aromatic heterocycles. The predicted molar refractivity (Wildman–Crippen MR) is 92.5 cm³/mol. The first-order valence-electron chi connectivity index (χ1n) is 8.12. The molecule has 1 saturated heterocycles. The zero-order valence-corrected chi connectivity index (χ0v) is 14.4. The molecule has 0 saturated carbocycles. The number of nitrogens with one attached hydrogen (secondary N) is 2. The van der Waals surface area contributed by atoms with Crippen molar-refractivity contribution >= 4 is 23.2 Å². The van der Waals surface area contributed by atoms with Crippen molar-refractivity contribution in [3.63, 3.8) is 0 Å². The number of benzene rings is 1. The number of morpholine rings is 1. The summed E-state index contributed by atoms with van der Waals surface area (Å²) in [5.41, 5.74) is 0.855. The van der Waals surface area contributed by atoms with Gasteiger partial charge >= 0.3 is 6.03 Å². The molecule has 2 unspecified atom stereocenters. The van der Waals surface area contributed by atoms with Crippen LogP contribution in [0.2, 0.25) is 0 Å². The molecule has 3 rings (SSSR count). The van der Waals surface area contributed by atoms with Crippen molar-refractivity contribution in [1.82, 2.24) is 5.16 Å². The number of anilines is 3. The van der Waals surface area contributed by atoms with Gasteiger partial charge in [0.2, 0.25) is 0 Å². The monoisotopic (exact) mass is 348 g/mol. The first-order chi connectivity index (χ1) is 11.9. The van der Waals surface area contributed by atoms with E-state index < -0.39 is 11.8 Å². The summed E-state index contributed by atoms with van der Waals surface area (Å²) >= 11 is 0. The number of hydrogen-bond acceptors (Lipinski definition) is 5. The highest BCUT2D eigenvalue weighted by atomic mass is 19.1. The van der Waals surface area contributed by atoms with Crippen molar-refractivity contribution < 1.29 is 18.4 Å². The Morgan fingerprint density at radius 3 is 2.56 bits per heavy atom. The maximum Gasteiger partial charge on any atom is 0.324 e. The van der Waals surface area contributed by atoms with Crippen LogP contribution in [0.5, 0.6) is 0 Å². The van der Waals surface area contributed by atoms with Gasteiger partial charge in [-0.05, 0) is 39.0 Å². The van der Waals surface area contributed by atoms with Gasteiger partial charge in [-0.1, -0.05) is 5.16 Å². The third kappa shape index (κ3) is 4.27. The van der Waals surface area contributed by atoms with Crippen LogP contribution in [0.25, 0.3) is 0 Å². The summed E-state index contributed by atoms with van der Waals surface area (Å²) in [6.45, 7) is 6.90. The lowest BCUT2D eigenvalue weighted by atomic mass is 10.2. The van der Waals surface area contributed by atoms with Crippen LogP contribution in [0.3, 0.4) is 0 Å². The molecule has 2 N–H and O–H groups in total. The number of halogens is 1. The van der Waals surface area contributed by atoms with Crippen LogP contribution in [0.15, 0.2) is 28.8 Å². The fourth-order valence-corrected chi connectivity index (χ4v) is 2.92. The van der Waals surface area contributed by atoms with Crippen LogP contribution in [0.1, 0.15) is 19.6 Å². The topological polar surface area (TPSA) is 79.6 Å². The molecule has 2 heterocycles. The van der Waals surface area contributed by atoms with Crippen LogP contribution >= 0.6 is 0 Å². The normalized spacial score (nSPS) is 20.4. The second-order valence-corrected chi connectivity index (χ2v) is 6.23. The number of aromatic nitrogens is 1. The minimum atomic E-state index is -0.519. The number of carbonyl (C=O) groups excluding carboxylic acids is 1. The van der Waals surface area contributed by atoms with Gasteiger partial charge in [-0.25, -0.2) is 9.18 Å². The van der Waals surface area contributed by atoms with E-state index in [1.54, 1.807) is 25.1 Å². The average Bonchev–Trinajstić information content (AvgIpc) is 2.91. The second-order valence-electron chi connectivity index (χ2n) is 6.23. The van der Waals surface area contributed by atoms with E-state index in [1.807, 2.05) is 18.7 Å². The van der Waals surface area contributed by atoms with E-state index >= 15 is 0 Å². The van der Waals surface area contributed by atoms with E-state index in [0.717, 1.165) is 0 Å². The lowest BCUT2D eigenvalue weighted by Gasteiger charge is -2.37. The molecule has 0 aliphatic carbocycles. The zero-order chi connectivity index (χ0) is 18.0. The standard InChI is InChI=1S/C17H21FN4O3/c1-10-6-16(21-25-10)20-17(23)19-13-4-5-15(14(18)7-13)22-8-11(2)24-12(3)9-22/h4-7,11-12H,8-9H2,1-3H3,(H2,19,20,21,23). The maximum atomic E-state index is 14.5. The second kappa shape index (κ2) is 7.10. The van der Waals surface area contributed by atoms with Crippen LogP contribution < -0.4 is 15.5 Å². The highest BCUT2D eigenvalue weighted by molar-refractivity contribution is 5.99. The Morgan fingerprint density at radius 1 is 1.24 bits per heavy atom. The molecule has 25 heavy (non-hydrogen) atoms. The number of urea groups is 1. The molecule has 1 aliphatic rings. The largest absolute Gasteiger partial charge is 0.372 e. The Kier molecular flexibility index (Phi) is 4.89. The first kappa shape index (κ1) is 17.2. The molecule has 134 valence electrons. The van der Waals surface area contributed by atoms with Gasteiger partial charge in [0.05, 0.1) is 17.9 Å². The number of ether oxygens (including phenoxy) is 1. The van der Waals surface area contributed by atoms with Crippen molar-refractivity contribution in [2.45, 2.75) is 33.0 Å². The summed E-state index contributed by atoms with van der Waals surface area (Å²) < 4.78 is 25.0. The van der Waals surface area contributed by atoms with Gasteiger partial charge in [-0.15, -0.1) is 0 Å². The fourth-order valence-electron chi connectivity index (χ4n) is 2.92. The third-order valence-electron chi connectivity index (χ3n) is 3.84. The average molecular weight is 348 g/mol. The minimum Gasteiger partial charge on any atom is -0.372 e. The highest BCUT2D eigenvalue weighted by Crippen LogP contribution is 2.26. The summed E-state index contributed by atoms with van der Waals surface area (Å²) in [4.78, 5) is 13.9. The van der Waals surface area contributed by atoms with Crippen molar-refractivity contribution in [2.24, 2.45) is 0 Å². The Morgan fingerprint density at radius 2 is 1.96 bits per heavy atom. The minimum absolute atomic E-state index is 0.0395. The molecule has 2 aromatic rings. The summed E-state index contributed by atoms with van der Waals surface area (Å²) in [5.74, 6) is 0.486. The number of rotatable bonds is 3. The molecule has 2 amide bonds. The molecule has 1 fully saturated rings. The van der Waals surface area contributed by atoms with Gasteiger partial charge in [-0.2, -0.15) is 0 Å². The van der Waals surface area contributed by atoms with E-state index in [4.69, 9.17) is 9.26 Å². The zero-order valence-electron chi connectivity index (χ0n) is 14.4. The van der Waals surface area contributed by atoms with E-state index in [9.17, 15) is 9.18 Å². The van der Waals surface area contributed by atoms with E-state index in [2.05, 4.69) is 15.8 Å². The summed E-state index contributed by atoms with van der Waals surface area (Å²) in [6.07, 6.45) is 0.0790. The number of nitrogens with zero attached hydrogens (tertiary/aromatic N) is 2. The van der Waals surface area contributed by atoms with Crippen molar-refractivity contribution in [1.29, 1.82) is 0 Å². The Balaban J connectivity index is 1.66. The maximum absolute atomic E-state index is 14.5. The van der Waals surface area contributed by atoms with Gasteiger partial charge in [-0.3, -0.25) is 5.32 Å². The van der Waals surface area contributed by atoms with Crippen molar-refractivity contribution in [3.8, 4) is 0 Å². The van der Waals surface area contributed by atoms with E-state index in [0.29, 0.717) is 36.0 Å². The molecule has 7 nitrogen and oxygen atoms in total. The number of carbonyl (C=O) groups is 1. The van der Waals surface area contributed by atoms with Gasteiger partial charge in [0, 0.05) is 24.8 Å². The number of hydrogen-bond donors (Lipinski definition) is 2. The van der Waals surface area contributed by atoms with Crippen LogP contribution in [-0.4, -0.2) is 36.5 Å². The molecule has 2 atom stereocenters. The van der Waals surface area contributed by atoms with Crippen molar-refractivity contribution in [2.75, 3.05) is 28.6 Å². The van der Waals surface area contributed by atoms with E-state index in [1.165, 1.54) is 6.07 Å².